The Balaban J connectivity index is 1.36. The molecule has 292 valence electrons. The normalized spacial score (nSPS) is 14.9. The average molecular weight is 800 g/mol. The first-order valence-electron chi connectivity index (χ1n) is 21.4. The highest BCUT2D eigenvalue weighted by atomic mass is 32.2. The molecule has 0 saturated heterocycles. The largest absolute Gasteiger partial charge is 0.311 e. The second-order valence-corrected chi connectivity index (χ2v) is 25.1. The molecular weight excluding hydrogens is 746 g/mol. The Morgan fingerprint density at radius 2 is 1.07 bits per heavy atom. The smallest absolute Gasteiger partial charge is 0.249 e. The predicted molar refractivity (Wildman–Crippen MR) is 260 cm³/mol. The van der Waals surface area contributed by atoms with Gasteiger partial charge in [-0.1, -0.05) is 189 Å². The van der Waals surface area contributed by atoms with Crippen LogP contribution in [-0.2, 0) is 16.2 Å². The van der Waals surface area contributed by atoms with Gasteiger partial charge in [-0.2, -0.15) is 0 Å². The van der Waals surface area contributed by atoms with Crippen LogP contribution in [0.25, 0.3) is 11.1 Å². The summed E-state index contributed by atoms with van der Waals surface area (Å²) >= 11 is 1.97. The van der Waals surface area contributed by atoms with Crippen molar-refractivity contribution in [3.05, 3.63) is 168 Å². The van der Waals surface area contributed by atoms with E-state index in [2.05, 4.69) is 220 Å². The fraction of sp³-hybridized carbons (Fsp3) is 0.236. The second kappa shape index (κ2) is 13.2. The van der Waals surface area contributed by atoms with Gasteiger partial charge >= 0.3 is 0 Å². The first-order valence-corrected chi connectivity index (χ1v) is 24.2. The standard InChI is InChI=1S/C55H54BNSSi/c1-35-27-47-52-49(28-35)58-48-32-36(53(2,3)4)25-26-44(48)56(52)45-34-51-43(33-46(45)57(47)39-30-37(54(5,6)7)29-38(31-39)55(8,9)10)42-23-17-18-24-50(42)59(51,40-19-13-11-14-20-40)41-21-15-12-16-22-41/h11-34H,1-10H3. The summed E-state index contributed by atoms with van der Waals surface area (Å²) in [5.74, 6) is 0. The van der Waals surface area contributed by atoms with E-state index in [4.69, 9.17) is 0 Å². The zero-order chi connectivity index (χ0) is 41.2. The minimum Gasteiger partial charge on any atom is -0.311 e. The van der Waals surface area contributed by atoms with Crippen LogP contribution in [0.1, 0.15) is 84.6 Å². The minimum absolute atomic E-state index is 0.0177. The molecule has 7 aromatic rings. The summed E-state index contributed by atoms with van der Waals surface area (Å²) in [6, 6.07) is 57.3. The molecule has 0 radical (unpaired) electrons. The van der Waals surface area contributed by atoms with Crippen LogP contribution < -0.4 is 42.0 Å². The van der Waals surface area contributed by atoms with Crippen LogP contribution in [0.15, 0.2) is 155 Å². The maximum Gasteiger partial charge on any atom is 0.249 e. The molecular formula is C55H54BNSSi. The number of anilines is 3. The van der Waals surface area contributed by atoms with E-state index in [9.17, 15) is 0 Å². The minimum atomic E-state index is -2.74. The summed E-state index contributed by atoms with van der Waals surface area (Å²) in [4.78, 5) is 5.42. The van der Waals surface area contributed by atoms with Gasteiger partial charge in [-0.15, -0.1) is 0 Å². The van der Waals surface area contributed by atoms with E-state index in [1.165, 1.54) is 97.4 Å². The van der Waals surface area contributed by atoms with Crippen molar-refractivity contribution in [1.29, 1.82) is 0 Å². The van der Waals surface area contributed by atoms with E-state index < -0.39 is 8.07 Å². The molecule has 0 unspecified atom stereocenters. The molecule has 3 aliphatic heterocycles. The summed E-state index contributed by atoms with van der Waals surface area (Å²) in [5, 5.41) is 5.85. The monoisotopic (exact) mass is 799 g/mol. The molecule has 0 bridgehead atoms. The van der Waals surface area contributed by atoms with Gasteiger partial charge in [0, 0.05) is 26.9 Å². The van der Waals surface area contributed by atoms with Gasteiger partial charge in [0.05, 0.1) is 0 Å². The van der Waals surface area contributed by atoms with Gasteiger partial charge in [0.25, 0.3) is 0 Å². The van der Waals surface area contributed by atoms with Crippen molar-refractivity contribution >= 4 is 80.7 Å². The Kier molecular flexibility index (Phi) is 8.57. The highest BCUT2D eigenvalue weighted by molar-refractivity contribution is 8.00. The van der Waals surface area contributed by atoms with E-state index in [1.54, 1.807) is 0 Å². The van der Waals surface area contributed by atoms with Gasteiger partial charge in [-0.05, 0) is 125 Å². The highest BCUT2D eigenvalue weighted by Gasteiger charge is 2.51. The van der Waals surface area contributed by atoms with Crippen LogP contribution in [0, 0.1) is 6.92 Å². The summed E-state index contributed by atoms with van der Waals surface area (Å²) in [7, 11) is -2.74. The van der Waals surface area contributed by atoms with Crippen LogP contribution >= 0.6 is 11.8 Å². The van der Waals surface area contributed by atoms with E-state index in [-0.39, 0.29) is 23.0 Å². The van der Waals surface area contributed by atoms with Crippen molar-refractivity contribution < 1.29 is 0 Å². The third-order valence-corrected chi connectivity index (χ3v) is 19.3. The molecule has 7 aromatic carbocycles. The summed E-state index contributed by atoms with van der Waals surface area (Å²) in [6.45, 7) is 23.5. The van der Waals surface area contributed by atoms with Gasteiger partial charge in [0.1, 0.15) is 0 Å². The molecule has 0 amide bonds. The fourth-order valence-corrected chi connectivity index (χ4v) is 16.7. The third-order valence-electron chi connectivity index (χ3n) is 13.3. The Bertz CT molecular complexity index is 2750. The van der Waals surface area contributed by atoms with Crippen LogP contribution in [-0.4, -0.2) is 14.8 Å². The SMILES string of the molecule is Cc1cc2c3c(c1)N(c1cc(C(C)(C)C)cc(C(C)(C)C)c1)c1cc4c(cc1B3c1ccc(C(C)(C)C)cc1S2)[Si](c1ccccc1)(c1ccccc1)c1ccccc1-4. The number of hydrogen-bond donors (Lipinski definition) is 0. The van der Waals surface area contributed by atoms with E-state index in [0.717, 1.165) is 0 Å². The van der Waals surface area contributed by atoms with Gasteiger partial charge in [-0.25, -0.2) is 0 Å². The van der Waals surface area contributed by atoms with Crippen LogP contribution in [0.2, 0.25) is 0 Å². The van der Waals surface area contributed by atoms with Crippen LogP contribution in [0.3, 0.4) is 0 Å². The van der Waals surface area contributed by atoms with E-state index in [0.29, 0.717) is 0 Å². The predicted octanol–water partition coefficient (Wildman–Crippen LogP) is 10.0. The number of hydrogen-bond acceptors (Lipinski definition) is 2. The van der Waals surface area contributed by atoms with Crippen molar-refractivity contribution in [3.8, 4) is 11.1 Å². The molecule has 4 heteroatoms. The molecule has 3 heterocycles. The van der Waals surface area contributed by atoms with Gasteiger partial charge in [-0.3, -0.25) is 0 Å². The first-order chi connectivity index (χ1) is 28.0. The molecule has 0 fully saturated rings. The molecule has 1 nitrogen and oxygen atoms in total. The summed E-state index contributed by atoms with van der Waals surface area (Å²) in [6.07, 6.45) is 0. The lowest BCUT2D eigenvalue weighted by atomic mass is 9.34. The zero-order valence-corrected chi connectivity index (χ0v) is 38.1. The van der Waals surface area contributed by atoms with Crippen molar-refractivity contribution in [3.63, 3.8) is 0 Å². The maximum absolute atomic E-state index is 2.74. The van der Waals surface area contributed by atoms with E-state index >= 15 is 0 Å². The first kappa shape index (κ1) is 38.2. The molecule has 0 aliphatic carbocycles. The summed E-state index contributed by atoms with van der Waals surface area (Å²) in [5.41, 5.74) is 16.3. The molecule has 10 rings (SSSR count). The van der Waals surface area contributed by atoms with Crippen LogP contribution in [0.4, 0.5) is 17.1 Å². The highest BCUT2D eigenvalue weighted by Crippen LogP contribution is 2.46. The molecule has 59 heavy (non-hydrogen) atoms. The van der Waals surface area contributed by atoms with Crippen molar-refractivity contribution in [2.24, 2.45) is 0 Å². The Labute approximate surface area is 358 Å². The molecule has 0 N–H and O–H groups in total. The Hall–Kier alpha value is -5.03. The number of aryl methyl sites for hydroxylation is 1. The fourth-order valence-electron chi connectivity index (χ4n) is 10.2. The van der Waals surface area contributed by atoms with Gasteiger partial charge in [0.15, 0.2) is 8.07 Å². The van der Waals surface area contributed by atoms with Crippen molar-refractivity contribution in [2.75, 3.05) is 4.90 Å². The maximum atomic E-state index is 2.71. The van der Waals surface area contributed by atoms with Gasteiger partial charge in [0.2, 0.25) is 6.71 Å². The van der Waals surface area contributed by atoms with Crippen molar-refractivity contribution in [2.45, 2.75) is 95.3 Å². The van der Waals surface area contributed by atoms with E-state index in [1.807, 2.05) is 11.8 Å². The van der Waals surface area contributed by atoms with Crippen LogP contribution in [0.5, 0.6) is 0 Å². The number of nitrogens with zero attached hydrogens (tertiary/aromatic N) is 1. The number of benzene rings is 7. The van der Waals surface area contributed by atoms with Crippen molar-refractivity contribution in [1.82, 2.24) is 0 Å². The molecule has 3 aliphatic rings. The average Bonchev–Trinajstić information content (AvgIpc) is 3.49. The molecule has 0 aromatic heterocycles. The zero-order valence-electron chi connectivity index (χ0n) is 36.3. The number of rotatable bonds is 3. The summed E-state index contributed by atoms with van der Waals surface area (Å²) < 4.78 is 0. The molecule has 0 saturated carbocycles. The third kappa shape index (κ3) is 5.88. The molecule has 0 spiro atoms. The second-order valence-electron chi connectivity index (χ2n) is 20.3. The lowest BCUT2D eigenvalue weighted by Crippen LogP contribution is -2.73. The lowest BCUT2D eigenvalue weighted by molar-refractivity contribution is 0.569. The topological polar surface area (TPSA) is 3.24 Å². The Morgan fingerprint density at radius 1 is 0.475 bits per heavy atom. The lowest BCUT2D eigenvalue weighted by Gasteiger charge is -2.42. The Morgan fingerprint density at radius 3 is 1.68 bits per heavy atom. The number of fused-ring (bicyclic) bond motifs is 7. The van der Waals surface area contributed by atoms with Gasteiger partial charge < -0.3 is 4.90 Å². The molecule has 0 atom stereocenters. The quantitative estimate of drug-likeness (QED) is 0.164.